The molecule has 4 aromatic rings. The van der Waals surface area contributed by atoms with E-state index in [1.807, 2.05) is 28.8 Å². The van der Waals surface area contributed by atoms with Crippen molar-refractivity contribution < 1.29 is 9.13 Å². The Morgan fingerprint density at radius 1 is 0.960 bits per heavy atom. The lowest BCUT2D eigenvalue weighted by Crippen LogP contribution is -2.05. The summed E-state index contributed by atoms with van der Waals surface area (Å²) in [5.41, 5.74) is 3.20. The van der Waals surface area contributed by atoms with Crippen LogP contribution in [0.1, 0.15) is 6.42 Å². The topological polar surface area (TPSA) is 52.8 Å². The minimum atomic E-state index is -0.310. The summed E-state index contributed by atoms with van der Waals surface area (Å²) in [6.07, 6.45) is 0.776. The number of para-hydroxylation sites is 2. The van der Waals surface area contributed by atoms with E-state index in [9.17, 15) is 4.39 Å². The van der Waals surface area contributed by atoms with Crippen LogP contribution in [0, 0.1) is 5.82 Å². The predicted octanol–water partition coefficient (Wildman–Crippen LogP) is 3.82. The molecular formula is C19H17FN4O. The molecule has 0 atom stereocenters. The molecule has 0 radical (unpaired) electrons. The molecule has 2 aromatic heterocycles. The van der Waals surface area contributed by atoms with E-state index in [0.717, 1.165) is 17.5 Å². The van der Waals surface area contributed by atoms with Gasteiger partial charge < -0.3 is 9.30 Å². The van der Waals surface area contributed by atoms with Gasteiger partial charge in [0.05, 0.1) is 16.6 Å². The second-order valence-electron chi connectivity index (χ2n) is 5.77. The van der Waals surface area contributed by atoms with Crippen LogP contribution in [-0.2, 0) is 11.3 Å². The highest BCUT2D eigenvalue weighted by molar-refractivity contribution is 5.84. The maximum Gasteiger partial charge on any atom is 0.198 e. The Hall–Kier alpha value is -2.86. The highest BCUT2D eigenvalue weighted by atomic mass is 19.1. The standard InChI is InChI=1S/C19H17FN4O/c1-25-12-6-11-24-18(13-7-2-3-8-14(13)20)23-17-19(24)22-16-10-5-4-9-15(16)21-17/h2-5,7-10H,6,11-12H2,1H3. The number of imidazole rings is 1. The fourth-order valence-corrected chi connectivity index (χ4v) is 2.93. The fraction of sp³-hybridized carbons (Fsp3) is 0.211. The summed E-state index contributed by atoms with van der Waals surface area (Å²) in [6, 6.07) is 14.3. The molecule has 0 saturated carbocycles. The summed E-state index contributed by atoms with van der Waals surface area (Å²) in [6.45, 7) is 1.23. The lowest BCUT2D eigenvalue weighted by Gasteiger charge is -2.09. The van der Waals surface area contributed by atoms with Crippen molar-refractivity contribution in [3.05, 3.63) is 54.3 Å². The summed E-state index contributed by atoms with van der Waals surface area (Å²) in [5.74, 6) is 0.231. The van der Waals surface area contributed by atoms with Gasteiger partial charge in [-0.15, -0.1) is 0 Å². The number of fused-ring (bicyclic) bond motifs is 2. The van der Waals surface area contributed by atoms with Gasteiger partial charge in [-0.05, 0) is 30.7 Å². The quantitative estimate of drug-likeness (QED) is 0.520. The minimum absolute atomic E-state index is 0.310. The number of aryl methyl sites for hydroxylation is 1. The second kappa shape index (κ2) is 6.57. The van der Waals surface area contributed by atoms with E-state index in [0.29, 0.717) is 35.8 Å². The highest BCUT2D eigenvalue weighted by Crippen LogP contribution is 2.26. The van der Waals surface area contributed by atoms with Crippen LogP contribution >= 0.6 is 0 Å². The van der Waals surface area contributed by atoms with Gasteiger partial charge in [-0.3, -0.25) is 0 Å². The summed E-state index contributed by atoms with van der Waals surface area (Å²) >= 11 is 0. The number of benzene rings is 2. The van der Waals surface area contributed by atoms with E-state index < -0.39 is 0 Å². The smallest absolute Gasteiger partial charge is 0.198 e. The van der Waals surface area contributed by atoms with Crippen molar-refractivity contribution in [3.8, 4) is 11.4 Å². The first-order valence-corrected chi connectivity index (χ1v) is 8.15. The van der Waals surface area contributed by atoms with Gasteiger partial charge in [-0.25, -0.2) is 19.3 Å². The first-order valence-electron chi connectivity index (χ1n) is 8.15. The van der Waals surface area contributed by atoms with Crippen molar-refractivity contribution in [2.24, 2.45) is 0 Å². The van der Waals surface area contributed by atoms with Crippen LogP contribution in [0.2, 0.25) is 0 Å². The van der Waals surface area contributed by atoms with Gasteiger partial charge in [0.25, 0.3) is 0 Å². The summed E-state index contributed by atoms with van der Waals surface area (Å²) in [5, 5.41) is 0. The SMILES string of the molecule is COCCCn1c(-c2ccccc2F)nc2nc3ccccc3nc21. The zero-order valence-electron chi connectivity index (χ0n) is 13.8. The largest absolute Gasteiger partial charge is 0.385 e. The molecule has 6 heteroatoms. The van der Waals surface area contributed by atoms with Gasteiger partial charge in [0, 0.05) is 20.3 Å². The average molecular weight is 336 g/mol. The van der Waals surface area contributed by atoms with Crippen LogP contribution < -0.4 is 0 Å². The molecule has 0 spiro atoms. The normalized spacial score (nSPS) is 11.4. The number of methoxy groups -OCH3 is 1. The Morgan fingerprint density at radius 3 is 2.44 bits per heavy atom. The maximum atomic E-state index is 14.3. The third-order valence-corrected chi connectivity index (χ3v) is 4.10. The van der Waals surface area contributed by atoms with E-state index in [-0.39, 0.29) is 5.82 Å². The first-order chi connectivity index (χ1) is 12.3. The summed E-state index contributed by atoms with van der Waals surface area (Å²) < 4.78 is 21.4. The van der Waals surface area contributed by atoms with Gasteiger partial charge in [0.1, 0.15) is 11.6 Å². The molecule has 0 bridgehead atoms. The minimum Gasteiger partial charge on any atom is -0.385 e. The molecule has 4 rings (SSSR count). The monoisotopic (exact) mass is 336 g/mol. The molecule has 25 heavy (non-hydrogen) atoms. The molecular weight excluding hydrogens is 319 g/mol. The van der Waals surface area contributed by atoms with Crippen molar-refractivity contribution >= 4 is 22.3 Å². The van der Waals surface area contributed by atoms with Crippen LogP contribution in [-0.4, -0.2) is 33.2 Å². The molecule has 5 nitrogen and oxygen atoms in total. The Labute approximate surface area is 144 Å². The van der Waals surface area contributed by atoms with Crippen LogP contribution in [0.4, 0.5) is 4.39 Å². The summed E-state index contributed by atoms with van der Waals surface area (Å²) in [7, 11) is 1.66. The zero-order valence-corrected chi connectivity index (χ0v) is 13.8. The number of nitrogens with zero attached hydrogens (tertiary/aromatic N) is 4. The lowest BCUT2D eigenvalue weighted by atomic mass is 10.2. The molecule has 2 heterocycles. The van der Waals surface area contributed by atoms with Gasteiger partial charge in [-0.2, -0.15) is 0 Å². The van der Waals surface area contributed by atoms with Gasteiger partial charge in [0.15, 0.2) is 11.3 Å². The Bertz CT molecular complexity index is 1040. The second-order valence-corrected chi connectivity index (χ2v) is 5.77. The van der Waals surface area contributed by atoms with Crippen LogP contribution in [0.15, 0.2) is 48.5 Å². The molecule has 0 amide bonds. The third kappa shape index (κ3) is 2.85. The number of rotatable bonds is 5. The molecule has 2 aromatic carbocycles. The molecule has 0 unspecified atom stereocenters. The van der Waals surface area contributed by atoms with Crippen LogP contribution in [0.3, 0.4) is 0 Å². The molecule has 0 saturated heterocycles. The third-order valence-electron chi connectivity index (χ3n) is 4.10. The van der Waals surface area contributed by atoms with E-state index in [2.05, 4.69) is 9.97 Å². The number of hydrogen-bond donors (Lipinski definition) is 0. The summed E-state index contributed by atoms with van der Waals surface area (Å²) in [4.78, 5) is 13.9. The molecule has 0 aliphatic heterocycles. The van der Waals surface area contributed by atoms with Gasteiger partial charge in [-0.1, -0.05) is 24.3 Å². The fourth-order valence-electron chi connectivity index (χ4n) is 2.93. The maximum absolute atomic E-state index is 14.3. The van der Waals surface area contributed by atoms with Crippen LogP contribution in [0.5, 0.6) is 0 Å². The van der Waals surface area contributed by atoms with Gasteiger partial charge in [0.2, 0.25) is 0 Å². The first kappa shape index (κ1) is 15.7. The number of aromatic nitrogens is 4. The number of hydrogen-bond acceptors (Lipinski definition) is 4. The average Bonchev–Trinajstić information content (AvgIpc) is 2.98. The van der Waals surface area contributed by atoms with Gasteiger partial charge >= 0.3 is 0 Å². The molecule has 0 aliphatic rings. The van der Waals surface area contributed by atoms with E-state index >= 15 is 0 Å². The predicted molar refractivity (Wildman–Crippen MR) is 94.7 cm³/mol. The van der Waals surface area contributed by atoms with Crippen molar-refractivity contribution in [1.82, 2.24) is 19.5 Å². The van der Waals surface area contributed by atoms with E-state index in [1.54, 1.807) is 25.3 Å². The number of halogens is 1. The zero-order chi connectivity index (χ0) is 17.2. The Morgan fingerprint density at radius 2 is 1.68 bits per heavy atom. The van der Waals surface area contributed by atoms with E-state index in [1.165, 1.54) is 6.07 Å². The Balaban J connectivity index is 1.95. The van der Waals surface area contributed by atoms with Crippen molar-refractivity contribution in [2.45, 2.75) is 13.0 Å². The molecule has 0 N–H and O–H groups in total. The highest BCUT2D eigenvalue weighted by Gasteiger charge is 2.18. The molecule has 0 aliphatic carbocycles. The molecule has 0 fully saturated rings. The van der Waals surface area contributed by atoms with Crippen molar-refractivity contribution in [1.29, 1.82) is 0 Å². The van der Waals surface area contributed by atoms with Crippen molar-refractivity contribution in [2.75, 3.05) is 13.7 Å². The van der Waals surface area contributed by atoms with Crippen LogP contribution in [0.25, 0.3) is 33.7 Å². The lowest BCUT2D eigenvalue weighted by molar-refractivity contribution is 0.191. The van der Waals surface area contributed by atoms with E-state index in [4.69, 9.17) is 9.72 Å². The number of ether oxygens (including phenoxy) is 1. The Kier molecular flexibility index (Phi) is 4.11. The van der Waals surface area contributed by atoms with Crippen molar-refractivity contribution in [3.63, 3.8) is 0 Å². The molecule has 126 valence electrons.